The normalized spacial score (nSPS) is 19.1. The molecule has 2 fully saturated rings. The van der Waals surface area contributed by atoms with Crippen molar-refractivity contribution in [2.75, 3.05) is 0 Å². The smallest absolute Gasteiger partial charge is 0.261 e. The summed E-state index contributed by atoms with van der Waals surface area (Å²) in [6.07, 6.45) is 4.80. The van der Waals surface area contributed by atoms with Crippen molar-refractivity contribution in [2.24, 2.45) is 11.8 Å². The van der Waals surface area contributed by atoms with E-state index in [1.54, 1.807) is 0 Å². The van der Waals surface area contributed by atoms with E-state index in [-0.39, 0.29) is 10.8 Å². The van der Waals surface area contributed by atoms with Crippen LogP contribution >= 0.6 is 10.7 Å². The second kappa shape index (κ2) is 5.04. The lowest BCUT2D eigenvalue weighted by molar-refractivity contribution is 0.0926. The van der Waals surface area contributed by atoms with Crippen molar-refractivity contribution in [1.82, 2.24) is 5.32 Å². The van der Waals surface area contributed by atoms with Crippen LogP contribution in [0.2, 0.25) is 0 Å². The standard InChI is InChI=1S/C14H16ClNO3S/c15-20(18,19)12-7-5-11(6-8-12)14(17)16-13(9-1-2-9)10-3-4-10/h5-10,13H,1-4H2,(H,16,17). The number of nitrogens with one attached hydrogen (secondary N) is 1. The first kappa shape index (κ1) is 13.9. The largest absolute Gasteiger partial charge is 0.349 e. The predicted molar refractivity (Wildman–Crippen MR) is 76.2 cm³/mol. The zero-order valence-corrected chi connectivity index (χ0v) is 12.5. The summed E-state index contributed by atoms with van der Waals surface area (Å²) in [6, 6.07) is 6.02. The van der Waals surface area contributed by atoms with E-state index in [2.05, 4.69) is 5.32 Å². The van der Waals surface area contributed by atoms with Crippen molar-refractivity contribution in [2.45, 2.75) is 36.6 Å². The number of carbonyl (C=O) groups excluding carboxylic acids is 1. The topological polar surface area (TPSA) is 63.2 Å². The van der Waals surface area contributed by atoms with Crippen LogP contribution in [0.3, 0.4) is 0 Å². The minimum Gasteiger partial charge on any atom is -0.349 e. The van der Waals surface area contributed by atoms with Crippen molar-refractivity contribution in [1.29, 1.82) is 0 Å². The number of hydrogen-bond donors (Lipinski definition) is 1. The minimum absolute atomic E-state index is 0.0108. The lowest BCUT2D eigenvalue weighted by Gasteiger charge is -2.17. The molecule has 0 heterocycles. The van der Waals surface area contributed by atoms with Crippen LogP contribution in [0.4, 0.5) is 0 Å². The summed E-state index contributed by atoms with van der Waals surface area (Å²) in [5.41, 5.74) is 0.473. The molecule has 0 saturated heterocycles. The van der Waals surface area contributed by atoms with Crippen molar-refractivity contribution in [3.05, 3.63) is 29.8 Å². The van der Waals surface area contributed by atoms with Gasteiger partial charge in [0.05, 0.1) is 4.90 Å². The molecule has 0 radical (unpaired) electrons. The van der Waals surface area contributed by atoms with Crippen LogP contribution in [0.1, 0.15) is 36.0 Å². The monoisotopic (exact) mass is 313 g/mol. The van der Waals surface area contributed by atoms with E-state index in [0.717, 1.165) is 0 Å². The Morgan fingerprint density at radius 1 is 1.10 bits per heavy atom. The molecule has 1 aromatic carbocycles. The van der Waals surface area contributed by atoms with Crippen LogP contribution in [0.25, 0.3) is 0 Å². The Hall–Kier alpha value is -1.07. The van der Waals surface area contributed by atoms with Crippen LogP contribution < -0.4 is 5.32 Å². The molecule has 4 nitrogen and oxygen atoms in total. The molecule has 1 aromatic rings. The summed E-state index contributed by atoms with van der Waals surface area (Å²) in [5, 5.41) is 3.09. The van der Waals surface area contributed by atoms with Gasteiger partial charge in [0.15, 0.2) is 0 Å². The molecule has 3 rings (SSSR count). The van der Waals surface area contributed by atoms with Gasteiger partial charge < -0.3 is 5.32 Å². The third-order valence-corrected chi connectivity index (χ3v) is 5.33. The number of amides is 1. The molecule has 0 bridgehead atoms. The number of benzene rings is 1. The number of hydrogen-bond acceptors (Lipinski definition) is 3. The quantitative estimate of drug-likeness (QED) is 0.850. The fraction of sp³-hybridized carbons (Fsp3) is 0.500. The lowest BCUT2D eigenvalue weighted by atomic mass is 10.1. The van der Waals surface area contributed by atoms with Crippen molar-refractivity contribution in [3.8, 4) is 0 Å². The van der Waals surface area contributed by atoms with Gasteiger partial charge in [0.1, 0.15) is 0 Å². The molecule has 108 valence electrons. The first-order valence-corrected chi connectivity index (χ1v) is 9.11. The van der Waals surface area contributed by atoms with Gasteiger partial charge in [-0.15, -0.1) is 0 Å². The molecule has 0 atom stereocenters. The van der Waals surface area contributed by atoms with Crippen LogP contribution in [0.5, 0.6) is 0 Å². The molecular formula is C14H16ClNO3S. The van der Waals surface area contributed by atoms with Gasteiger partial charge in [0.25, 0.3) is 15.0 Å². The fourth-order valence-electron chi connectivity index (χ4n) is 2.53. The molecule has 20 heavy (non-hydrogen) atoms. The highest BCUT2D eigenvalue weighted by atomic mass is 35.7. The van der Waals surface area contributed by atoms with Gasteiger partial charge >= 0.3 is 0 Å². The van der Waals surface area contributed by atoms with Gasteiger partial charge in [0, 0.05) is 22.3 Å². The number of carbonyl (C=O) groups is 1. The summed E-state index contributed by atoms with van der Waals surface area (Å²) in [5.74, 6) is 1.13. The highest BCUT2D eigenvalue weighted by molar-refractivity contribution is 8.13. The maximum Gasteiger partial charge on any atom is 0.261 e. The molecule has 0 unspecified atom stereocenters. The van der Waals surface area contributed by atoms with E-state index in [1.165, 1.54) is 49.9 Å². The Kier molecular flexibility index (Phi) is 3.50. The molecular weight excluding hydrogens is 298 g/mol. The Bertz CT molecular complexity index is 606. The Morgan fingerprint density at radius 2 is 1.60 bits per heavy atom. The van der Waals surface area contributed by atoms with Gasteiger partial charge in [-0.3, -0.25) is 4.79 Å². The Morgan fingerprint density at radius 3 is 2.00 bits per heavy atom. The van der Waals surface area contributed by atoms with Crippen LogP contribution in [-0.4, -0.2) is 20.4 Å². The first-order chi connectivity index (χ1) is 9.45. The predicted octanol–water partition coefficient (Wildman–Crippen LogP) is 2.53. The highest BCUT2D eigenvalue weighted by Crippen LogP contribution is 2.44. The second-order valence-corrected chi connectivity index (χ2v) is 8.20. The molecule has 1 amide bonds. The molecule has 0 aromatic heterocycles. The highest BCUT2D eigenvalue weighted by Gasteiger charge is 2.42. The van der Waals surface area contributed by atoms with E-state index >= 15 is 0 Å². The maximum absolute atomic E-state index is 12.2. The van der Waals surface area contributed by atoms with E-state index in [0.29, 0.717) is 23.4 Å². The number of rotatable bonds is 5. The molecule has 2 aliphatic carbocycles. The van der Waals surface area contributed by atoms with Crippen molar-refractivity contribution in [3.63, 3.8) is 0 Å². The molecule has 6 heteroatoms. The molecule has 1 N–H and O–H groups in total. The second-order valence-electron chi connectivity index (χ2n) is 5.64. The molecule has 0 spiro atoms. The summed E-state index contributed by atoms with van der Waals surface area (Å²) in [6.45, 7) is 0. The maximum atomic E-state index is 12.2. The molecule has 0 aliphatic heterocycles. The fourth-order valence-corrected chi connectivity index (χ4v) is 3.30. The zero-order valence-electron chi connectivity index (χ0n) is 10.9. The average Bonchev–Trinajstić information content (AvgIpc) is 3.28. The third-order valence-electron chi connectivity index (χ3n) is 3.96. The van der Waals surface area contributed by atoms with Gasteiger partial charge in [0.2, 0.25) is 0 Å². The third kappa shape index (κ3) is 3.15. The van der Waals surface area contributed by atoms with E-state index in [4.69, 9.17) is 10.7 Å². The average molecular weight is 314 g/mol. The Balaban J connectivity index is 1.70. The summed E-state index contributed by atoms with van der Waals surface area (Å²) < 4.78 is 22.3. The van der Waals surface area contributed by atoms with E-state index in [9.17, 15) is 13.2 Å². The molecule has 2 saturated carbocycles. The van der Waals surface area contributed by atoms with Crippen LogP contribution in [0.15, 0.2) is 29.2 Å². The zero-order chi connectivity index (χ0) is 14.3. The number of halogens is 1. The first-order valence-electron chi connectivity index (χ1n) is 6.81. The Labute approximate surface area is 122 Å². The minimum atomic E-state index is -3.73. The van der Waals surface area contributed by atoms with Gasteiger partial charge in [-0.05, 0) is 61.8 Å². The molecule has 2 aliphatic rings. The van der Waals surface area contributed by atoms with Gasteiger partial charge in [-0.25, -0.2) is 8.42 Å². The van der Waals surface area contributed by atoms with Crippen LogP contribution in [0, 0.1) is 11.8 Å². The van der Waals surface area contributed by atoms with Crippen molar-refractivity contribution < 1.29 is 13.2 Å². The summed E-state index contributed by atoms with van der Waals surface area (Å²) in [7, 11) is 1.51. The van der Waals surface area contributed by atoms with E-state index < -0.39 is 9.05 Å². The summed E-state index contributed by atoms with van der Waals surface area (Å²) in [4.78, 5) is 12.2. The SMILES string of the molecule is O=C(NC(C1CC1)C1CC1)c1ccc(S(=O)(=O)Cl)cc1. The van der Waals surface area contributed by atoms with Gasteiger partial charge in [-0.2, -0.15) is 0 Å². The lowest BCUT2D eigenvalue weighted by Crippen LogP contribution is -2.38. The summed E-state index contributed by atoms with van der Waals surface area (Å²) >= 11 is 0. The van der Waals surface area contributed by atoms with Crippen LogP contribution in [-0.2, 0) is 9.05 Å². The van der Waals surface area contributed by atoms with E-state index in [1.807, 2.05) is 0 Å². The van der Waals surface area contributed by atoms with Crippen molar-refractivity contribution >= 4 is 25.6 Å². The van der Waals surface area contributed by atoms with Gasteiger partial charge in [-0.1, -0.05) is 0 Å².